The number of carbonyl (C=O) groups excluding carboxylic acids is 4. The molecule has 11 heteroatoms. The number of anilines is 2. The molecule has 0 aromatic heterocycles. The summed E-state index contributed by atoms with van der Waals surface area (Å²) < 4.78 is 19.2. The van der Waals surface area contributed by atoms with E-state index in [4.69, 9.17) is 27.9 Å². The maximum atomic E-state index is 14.4. The average molecular weight is 635 g/mol. The Bertz CT molecular complexity index is 1780. The van der Waals surface area contributed by atoms with Gasteiger partial charge in [0.05, 0.1) is 30.3 Å². The van der Waals surface area contributed by atoms with Gasteiger partial charge >= 0.3 is 0 Å². The molecule has 1 N–H and O–H groups in total. The molecule has 4 aliphatic rings. The Kier molecular flexibility index (Phi) is 6.43. The number of halogens is 3. The fourth-order valence-corrected chi connectivity index (χ4v) is 8.44. The van der Waals surface area contributed by atoms with Crippen molar-refractivity contribution in [3.05, 3.63) is 95.8 Å². The van der Waals surface area contributed by atoms with Gasteiger partial charge in [0.25, 0.3) is 11.8 Å². The number of hydrogen-bond acceptors (Lipinski definition) is 6. The summed E-state index contributed by atoms with van der Waals surface area (Å²) in [6.45, 7) is 0. The second-order valence-corrected chi connectivity index (χ2v) is 12.7. The number of aromatic hydroxyl groups is 1. The van der Waals surface area contributed by atoms with Gasteiger partial charge in [-0.05, 0) is 61.2 Å². The highest BCUT2D eigenvalue weighted by Gasteiger charge is 2.77. The summed E-state index contributed by atoms with van der Waals surface area (Å²) in [5.41, 5.74) is 1.21. The van der Waals surface area contributed by atoms with Gasteiger partial charge in [-0.2, -0.15) is 0 Å². The highest BCUT2D eigenvalue weighted by atomic mass is 35.5. The molecule has 44 heavy (non-hydrogen) atoms. The van der Waals surface area contributed by atoms with E-state index in [1.807, 2.05) is 0 Å². The monoisotopic (exact) mass is 634 g/mol. The molecule has 2 saturated heterocycles. The van der Waals surface area contributed by atoms with Gasteiger partial charge in [-0.25, -0.2) is 9.29 Å². The predicted molar refractivity (Wildman–Crippen MR) is 160 cm³/mol. The molecule has 3 aromatic rings. The Hall–Kier alpha value is -4.21. The molecule has 2 heterocycles. The lowest BCUT2D eigenvalue weighted by Crippen LogP contribution is -2.60. The maximum absolute atomic E-state index is 14.4. The third-order valence-electron chi connectivity index (χ3n) is 9.47. The highest BCUT2D eigenvalue weighted by molar-refractivity contribution is 6.58. The number of carbonyl (C=O) groups is 4. The second-order valence-electron chi connectivity index (χ2n) is 11.5. The minimum Gasteiger partial charge on any atom is -0.504 e. The zero-order valence-electron chi connectivity index (χ0n) is 23.2. The van der Waals surface area contributed by atoms with Gasteiger partial charge in [0.2, 0.25) is 11.8 Å². The number of phenols is 1. The van der Waals surface area contributed by atoms with Crippen molar-refractivity contribution in [2.24, 2.45) is 17.8 Å². The molecule has 8 nitrogen and oxygen atoms in total. The van der Waals surface area contributed by atoms with E-state index in [1.165, 1.54) is 30.2 Å². The van der Waals surface area contributed by atoms with Gasteiger partial charge in [0.1, 0.15) is 5.82 Å². The Morgan fingerprint density at radius 2 is 1.52 bits per heavy atom. The van der Waals surface area contributed by atoms with Crippen LogP contribution >= 0.6 is 23.2 Å². The standard InChI is InChI=1S/C33H25Cl2FN2O6/c1-44-24-9-5-8-22(27(24)39)26-20-14-15-21-25(29(41)37(28(21)40)18-6-3-2-4-7-18)23(20)16-32(34)30(42)38(31(43)33(26,32)35)19-12-10-17(36)11-13-19/h2-14,21,23,25-26,39H,15-16H2,1H3/t21-,23+,25-,26+,32+,33-/m0/s1. The molecular weight excluding hydrogens is 610 g/mol. The second kappa shape index (κ2) is 9.90. The lowest BCUT2D eigenvalue weighted by atomic mass is 9.56. The molecule has 1 saturated carbocycles. The number of imide groups is 2. The van der Waals surface area contributed by atoms with Gasteiger partial charge in [0.15, 0.2) is 21.2 Å². The number of phenolic OH excluding ortho intramolecular Hbond substituents is 1. The van der Waals surface area contributed by atoms with E-state index in [0.717, 1.165) is 17.0 Å². The van der Waals surface area contributed by atoms with Crippen LogP contribution in [-0.4, -0.2) is 45.6 Å². The first-order valence-electron chi connectivity index (χ1n) is 14.1. The molecular formula is C33H25Cl2FN2O6. The Balaban J connectivity index is 1.43. The molecule has 2 aliphatic heterocycles. The van der Waals surface area contributed by atoms with E-state index >= 15 is 0 Å². The first kappa shape index (κ1) is 28.6. The van der Waals surface area contributed by atoms with Crippen LogP contribution in [0.5, 0.6) is 11.5 Å². The van der Waals surface area contributed by atoms with Crippen LogP contribution < -0.4 is 14.5 Å². The van der Waals surface area contributed by atoms with Crippen LogP contribution in [0.25, 0.3) is 0 Å². The molecule has 2 aliphatic carbocycles. The fraction of sp³-hybridized carbons (Fsp3) is 0.273. The summed E-state index contributed by atoms with van der Waals surface area (Å²) >= 11 is 14.7. The van der Waals surface area contributed by atoms with Crippen molar-refractivity contribution in [2.75, 3.05) is 16.9 Å². The van der Waals surface area contributed by atoms with Crippen LogP contribution in [0, 0.1) is 23.6 Å². The molecule has 224 valence electrons. The number of nitrogens with zero attached hydrogens (tertiary/aromatic N) is 2. The van der Waals surface area contributed by atoms with Crippen LogP contribution in [-0.2, 0) is 19.2 Å². The zero-order chi connectivity index (χ0) is 31.1. The molecule has 3 fully saturated rings. The van der Waals surface area contributed by atoms with Crippen LogP contribution in [0.3, 0.4) is 0 Å². The topological polar surface area (TPSA) is 104 Å². The van der Waals surface area contributed by atoms with Crippen molar-refractivity contribution in [1.82, 2.24) is 0 Å². The van der Waals surface area contributed by atoms with Gasteiger partial charge in [-0.3, -0.25) is 24.1 Å². The van der Waals surface area contributed by atoms with Crippen LogP contribution in [0.15, 0.2) is 84.4 Å². The van der Waals surface area contributed by atoms with Crippen LogP contribution in [0.2, 0.25) is 0 Å². The summed E-state index contributed by atoms with van der Waals surface area (Å²) in [5, 5.41) is 11.4. The maximum Gasteiger partial charge on any atom is 0.258 e. The van der Waals surface area contributed by atoms with Crippen LogP contribution in [0.4, 0.5) is 15.8 Å². The molecule has 0 spiro atoms. The first-order valence-corrected chi connectivity index (χ1v) is 14.8. The Labute approximate surface area is 261 Å². The third-order valence-corrected chi connectivity index (χ3v) is 10.9. The highest BCUT2D eigenvalue weighted by Crippen LogP contribution is 2.66. The van der Waals surface area contributed by atoms with Crippen molar-refractivity contribution in [3.63, 3.8) is 0 Å². The molecule has 0 unspecified atom stereocenters. The first-order chi connectivity index (χ1) is 21.0. The SMILES string of the molecule is COc1cccc([C@H]2C3=CC[C@@H]4C(=O)N(c5ccccc5)C(=O)[C@@H]4[C@@H]3C[C@@]3(Cl)C(=O)N(c4ccc(F)cc4)C(=O)[C@@]23Cl)c1O. The van der Waals surface area contributed by atoms with E-state index in [-0.39, 0.29) is 41.5 Å². The van der Waals surface area contributed by atoms with Crippen molar-refractivity contribution in [2.45, 2.75) is 28.5 Å². The van der Waals surface area contributed by atoms with Crippen molar-refractivity contribution >= 4 is 58.2 Å². The quantitative estimate of drug-likeness (QED) is 0.237. The predicted octanol–water partition coefficient (Wildman–Crippen LogP) is 5.31. The third kappa shape index (κ3) is 3.62. The van der Waals surface area contributed by atoms with E-state index in [2.05, 4.69) is 0 Å². The summed E-state index contributed by atoms with van der Waals surface area (Å²) in [7, 11) is 1.37. The van der Waals surface area contributed by atoms with E-state index in [0.29, 0.717) is 11.3 Å². The smallest absolute Gasteiger partial charge is 0.258 e. The summed E-state index contributed by atoms with van der Waals surface area (Å²) in [6, 6.07) is 18.1. The minimum atomic E-state index is -2.16. The minimum absolute atomic E-state index is 0.0710. The number of fused-ring (bicyclic) bond motifs is 4. The van der Waals surface area contributed by atoms with E-state index in [9.17, 15) is 28.7 Å². The Morgan fingerprint density at radius 1 is 0.841 bits per heavy atom. The van der Waals surface area contributed by atoms with E-state index in [1.54, 1.807) is 48.5 Å². The van der Waals surface area contributed by atoms with E-state index < -0.39 is 57.0 Å². The largest absolute Gasteiger partial charge is 0.504 e. The number of ether oxygens (including phenoxy) is 1. The lowest BCUT2D eigenvalue weighted by Gasteiger charge is -2.50. The molecule has 0 bridgehead atoms. The molecule has 6 atom stereocenters. The number of alkyl halides is 2. The summed E-state index contributed by atoms with van der Waals surface area (Å²) in [4.78, 5) is 54.2. The molecule has 4 amide bonds. The fourth-order valence-electron chi connectivity index (χ4n) is 7.51. The molecule has 0 radical (unpaired) electrons. The number of methoxy groups -OCH3 is 1. The normalized spacial score (nSPS) is 31.0. The Morgan fingerprint density at radius 3 is 2.20 bits per heavy atom. The lowest BCUT2D eigenvalue weighted by molar-refractivity contribution is -0.125. The van der Waals surface area contributed by atoms with Gasteiger partial charge < -0.3 is 9.84 Å². The van der Waals surface area contributed by atoms with Crippen molar-refractivity contribution in [3.8, 4) is 11.5 Å². The summed E-state index contributed by atoms with van der Waals surface area (Å²) in [6.07, 6.45) is 1.74. The molecule has 7 rings (SSSR count). The average Bonchev–Trinajstić information content (AvgIpc) is 3.36. The van der Waals surface area contributed by atoms with Crippen molar-refractivity contribution in [1.29, 1.82) is 0 Å². The number of rotatable bonds is 4. The number of amides is 4. The zero-order valence-corrected chi connectivity index (χ0v) is 24.8. The number of benzene rings is 3. The van der Waals surface area contributed by atoms with Crippen molar-refractivity contribution < 1.29 is 33.4 Å². The van der Waals surface area contributed by atoms with Gasteiger partial charge in [0, 0.05) is 11.5 Å². The van der Waals surface area contributed by atoms with Gasteiger partial charge in [-0.15, -0.1) is 23.2 Å². The number of hydrogen-bond donors (Lipinski definition) is 1. The number of para-hydroxylation sites is 2. The van der Waals surface area contributed by atoms with Crippen LogP contribution in [0.1, 0.15) is 24.3 Å². The summed E-state index contributed by atoms with van der Waals surface area (Å²) in [5.74, 6) is -6.83. The van der Waals surface area contributed by atoms with Gasteiger partial charge in [-0.1, -0.05) is 42.0 Å². The molecule has 3 aromatic carbocycles. The number of allylic oxidation sites excluding steroid dienone is 2.